The lowest BCUT2D eigenvalue weighted by atomic mass is 10.1. The second kappa shape index (κ2) is 7.56. The van der Waals surface area contributed by atoms with Gasteiger partial charge in [-0.05, 0) is 42.3 Å². The van der Waals surface area contributed by atoms with Crippen LogP contribution in [0, 0.1) is 0 Å². The van der Waals surface area contributed by atoms with Crippen molar-refractivity contribution in [2.24, 2.45) is 0 Å². The van der Waals surface area contributed by atoms with E-state index in [1.807, 2.05) is 31.2 Å². The first-order chi connectivity index (χ1) is 13.6. The van der Waals surface area contributed by atoms with Gasteiger partial charge in [0.15, 0.2) is 0 Å². The monoisotopic (exact) mass is 375 g/mol. The molecule has 3 aromatic rings. The van der Waals surface area contributed by atoms with Crippen LogP contribution in [-0.2, 0) is 19.6 Å². The van der Waals surface area contributed by atoms with Crippen molar-refractivity contribution in [3.05, 3.63) is 77.6 Å². The van der Waals surface area contributed by atoms with Crippen LogP contribution in [0.3, 0.4) is 0 Å². The molecule has 2 heterocycles. The average molecular weight is 375 g/mol. The summed E-state index contributed by atoms with van der Waals surface area (Å²) in [6.45, 7) is 3.93. The zero-order valence-electron chi connectivity index (χ0n) is 15.6. The fourth-order valence-electron chi connectivity index (χ4n) is 3.19. The maximum Gasteiger partial charge on any atom is 0.322 e. The quantitative estimate of drug-likeness (QED) is 0.730. The Morgan fingerprint density at radius 3 is 2.25 bits per heavy atom. The first kappa shape index (κ1) is 17.8. The molecule has 0 fully saturated rings. The van der Waals surface area contributed by atoms with Gasteiger partial charge in [-0.15, -0.1) is 0 Å². The lowest BCUT2D eigenvalue weighted by Gasteiger charge is -2.16. The highest BCUT2D eigenvalue weighted by atomic mass is 16.2. The number of urea groups is 1. The molecule has 4 rings (SSSR count). The predicted molar refractivity (Wildman–Crippen MR) is 107 cm³/mol. The number of anilines is 2. The number of aromatic nitrogens is 2. The van der Waals surface area contributed by atoms with Crippen molar-refractivity contribution in [1.82, 2.24) is 14.7 Å². The second-order valence-electron chi connectivity index (χ2n) is 6.67. The summed E-state index contributed by atoms with van der Waals surface area (Å²) in [6.07, 6.45) is 3.39. The fraction of sp³-hybridized carbons (Fsp3) is 0.190. The van der Waals surface area contributed by atoms with E-state index in [9.17, 15) is 9.59 Å². The van der Waals surface area contributed by atoms with E-state index in [0.717, 1.165) is 6.54 Å². The minimum atomic E-state index is -0.219. The molecule has 2 aromatic carbocycles. The molecule has 7 heteroatoms. The molecule has 1 aromatic heterocycles. The molecule has 142 valence electrons. The van der Waals surface area contributed by atoms with Gasteiger partial charge in [0.05, 0.1) is 11.9 Å². The lowest BCUT2D eigenvalue weighted by Crippen LogP contribution is -2.30. The van der Waals surface area contributed by atoms with Crippen LogP contribution in [-0.4, -0.2) is 26.6 Å². The van der Waals surface area contributed by atoms with Gasteiger partial charge in [-0.1, -0.05) is 24.3 Å². The molecule has 0 bridgehead atoms. The van der Waals surface area contributed by atoms with Crippen molar-refractivity contribution in [3.8, 4) is 0 Å². The maximum absolute atomic E-state index is 12.5. The number of hydrogen-bond donors (Lipinski definition) is 2. The molecule has 2 N–H and O–H groups in total. The van der Waals surface area contributed by atoms with Crippen LogP contribution in [0.4, 0.5) is 16.2 Å². The molecule has 1 aliphatic heterocycles. The predicted octanol–water partition coefficient (Wildman–Crippen LogP) is 3.70. The molecule has 7 nitrogen and oxygen atoms in total. The van der Waals surface area contributed by atoms with Gasteiger partial charge in [0, 0.05) is 37.1 Å². The van der Waals surface area contributed by atoms with Crippen LogP contribution in [0.5, 0.6) is 0 Å². The number of hydrogen-bond acceptors (Lipinski definition) is 3. The number of carbonyl (C=O) groups excluding carboxylic acids is 2. The molecule has 28 heavy (non-hydrogen) atoms. The van der Waals surface area contributed by atoms with Gasteiger partial charge in [0.25, 0.3) is 5.91 Å². The molecule has 1 aliphatic rings. The highest BCUT2D eigenvalue weighted by Gasteiger charge is 2.22. The molecule has 0 aliphatic carbocycles. The van der Waals surface area contributed by atoms with Gasteiger partial charge in [-0.2, -0.15) is 5.10 Å². The highest BCUT2D eigenvalue weighted by molar-refractivity contribution is 6.04. The Hall–Kier alpha value is -3.61. The summed E-state index contributed by atoms with van der Waals surface area (Å²) in [4.78, 5) is 26.6. The molecule has 0 atom stereocenters. The van der Waals surface area contributed by atoms with Crippen LogP contribution in [0.2, 0.25) is 0 Å². The van der Waals surface area contributed by atoms with E-state index in [4.69, 9.17) is 0 Å². The molecule has 0 unspecified atom stereocenters. The normalized spacial score (nSPS) is 12.5. The van der Waals surface area contributed by atoms with E-state index in [0.29, 0.717) is 30.0 Å². The van der Waals surface area contributed by atoms with E-state index < -0.39 is 0 Å². The summed E-state index contributed by atoms with van der Waals surface area (Å²) < 4.78 is 1.74. The third kappa shape index (κ3) is 3.73. The zero-order chi connectivity index (χ0) is 19.5. The summed E-state index contributed by atoms with van der Waals surface area (Å²) >= 11 is 0. The van der Waals surface area contributed by atoms with E-state index >= 15 is 0 Å². The number of fused-ring (bicyclic) bond motifs is 1. The van der Waals surface area contributed by atoms with Crippen molar-refractivity contribution in [2.75, 3.05) is 10.6 Å². The Morgan fingerprint density at radius 1 is 0.964 bits per heavy atom. The SMILES string of the molecule is CCn1cc(NC(=O)c2ccc(NC(=O)N3Cc4ccccc4C3)cc2)cn1. The molecular weight excluding hydrogens is 354 g/mol. The number of rotatable bonds is 4. The minimum absolute atomic E-state index is 0.152. The smallest absolute Gasteiger partial charge is 0.319 e. The van der Waals surface area contributed by atoms with Crippen molar-refractivity contribution < 1.29 is 9.59 Å². The van der Waals surface area contributed by atoms with Crippen molar-refractivity contribution in [1.29, 1.82) is 0 Å². The summed E-state index contributed by atoms with van der Waals surface area (Å²) in [6, 6.07) is 14.7. The summed E-state index contributed by atoms with van der Waals surface area (Å²) in [5.74, 6) is -0.219. The van der Waals surface area contributed by atoms with Crippen LogP contribution < -0.4 is 10.6 Å². The Balaban J connectivity index is 1.35. The second-order valence-corrected chi connectivity index (χ2v) is 6.67. The van der Waals surface area contributed by atoms with E-state index in [2.05, 4.69) is 15.7 Å². The van der Waals surface area contributed by atoms with Crippen LogP contribution in [0.25, 0.3) is 0 Å². The van der Waals surface area contributed by atoms with Gasteiger partial charge in [0.1, 0.15) is 0 Å². The Kier molecular flexibility index (Phi) is 4.80. The maximum atomic E-state index is 12.5. The number of carbonyl (C=O) groups is 2. The Bertz CT molecular complexity index is 985. The van der Waals surface area contributed by atoms with Crippen LogP contribution in [0.1, 0.15) is 28.4 Å². The number of nitrogens with one attached hydrogen (secondary N) is 2. The van der Waals surface area contributed by atoms with Gasteiger partial charge in [0.2, 0.25) is 0 Å². The number of benzene rings is 2. The fourth-order valence-corrected chi connectivity index (χ4v) is 3.19. The van der Waals surface area contributed by atoms with Crippen LogP contribution >= 0.6 is 0 Å². The third-order valence-electron chi connectivity index (χ3n) is 4.74. The van der Waals surface area contributed by atoms with Gasteiger partial charge >= 0.3 is 6.03 Å². The van der Waals surface area contributed by atoms with Crippen LogP contribution in [0.15, 0.2) is 60.9 Å². The average Bonchev–Trinajstić information content (AvgIpc) is 3.35. The van der Waals surface area contributed by atoms with Crippen molar-refractivity contribution in [2.45, 2.75) is 26.6 Å². The summed E-state index contributed by atoms with van der Waals surface area (Å²) in [7, 11) is 0. The van der Waals surface area contributed by atoms with E-state index in [1.165, 1.54) is 11.1 Å². The van der Waals surface area contributed by atoms with E-state index in [-0.39, 0.29) is 11.9 Å². The van der Waals surface area contributed by atoms with Crippen molar-refractivity contribution >= 4 is 23.3 Å². The molecular formula is C21H21N5O2. The largest absolute Gasteiger partial charge is 0.322 e. The first-order valence-electron chi connectivity index (χ1n) is 9.19. The molecule has 0 radical (unpaired) electrons. The minimum Gasteiger partial charge on any atom is -0.319 e. The Labute approximate surface area is 163 Å². The molecule has 0 saturated carbocycles. The first-order valence-corrected chi connectivity index (χ1v) is 9.19. The highest BCUT2D eigenvalue weighted by Crippen LogP contribution is 2.23. The zero-order valence-corrected chi connectivity index (χ0v) is 15.6. The number of amides is 3. The number of nitrogens with zero attached hydrogens (tertiary/aromatic N) is 3. The number of aryl methyl sites for hydroxylation is 1. The standard InChI is InChI=1S/C21H21N5O2/c1-2-26-14-19(11-22-26)23-20(27)15-7-9-18(10-8-15)24-21(28)25-12-16-5-3-4-6-17(16)13-25/h3-11,14H,2,12-13H2,1H3,(H,23,27)(H,24,28). The lowest BCUT2D eigenvalue weighted by molar-refractivity contribution is 0.102. The van der Waals surface area contributed by atoms with Gasteiger partial charge in [-0.3, -0.25) is 9.48 Å². The van der Waals surface area contributed by atoms with Gasteiger partial charge in [-0.25, -0.2) is 4.79 Å². The molecule has 0 spiro atoms. The summed E-state index contributed by atoms with van der Waals surface area (Å²) in [5.41, 5.74) is 4.16. The van der Waals surface area contributed by atoms with Crippen molar-refractivity contribution in [3.63, 3.8) is 0 Å². The summed E-state index contributed by atoms with van der Waals surface area (Å²) in [5, 5.41) is 9.83. The third-order valence-corrected chi connectivity index (χ3v) is 4.74. The van der Waals surface area contributed by atoms with Gasteiger partial charge < -0.3 is 15.5 Å². The topological polar surface area (TPSA) is 79.3 Å². The molecule has 3 amide bonds. The Morgan fingerprint density at radius 2 is 1.64 bits per heavy atom. The molecule has 0 saturated heterocycles. The van der Waals surface area contributed by atoms with E-state index in [1.54, 1.807) is 46.2 Å².